The molecule has 2 aromatic rings. The van der Waals surface area contributed by atoms with E-state index in [0.29, 0.717) is 29.8 Å². The van der Waals surface area contributed by atoms with Gasteiger partial charge in [0.2, 0.25) is 5.91 Å². The van der Waals surface area contributed by atoms with Gasteiger partial charge in [-0.2, -0.15) is 4.31 Å². The lowest BCUT2D eigenvalue weighted by atomic mass is 9.82. The smallest absolute Gasteiger partial charge is 0.429 e. The molecular weight excluding hydrogens is 428 g/mol. The van der Waals surface area contributed by atoms with Crippen molar-refractivity contribution >= 4 is 33.8 Å². The molecule has 1 saturated heterocycles. The molecule has 1 heterocycles. The number of hydrogen-bond donors (Lipinski definition) is 1. The van der Waals surface area contributed by atoms with Gasteiger partial charge < -0.3 is 10.1 Å². The van der Waals surface area contributed by atoms with Crippen LogP contribution in [0.3, 0.4) is 0 Å². The Morgan fingerprint density at radius 3 is 2.25 bits per heavy atom. The van der Waals surface area contributed by atoms with E-state index >= 15 is 0 Å². The van der Waals surface area contributed by atoms with Gasteiger partial charge in [-0.3, -0.25) is 4.79 Å². The summed E-state index contributed by atoms with van der Waals surface area (Å²) in [7, 11) is -4.14. The topological polar surface area (TPSA) is 92.8 Å². The molecule has 2 fully saturated rings. The van der Waals surface area contributed by atoms with Gasteiger partial charge in [0.15, 0.2) is 5.60 Å². The van der Waals surface area contributed by atoms with Gasteiger partial charge in [-0.05, 0) is 68.5 Å². The number of benzene rings is 2. The summed E-state index contributed by atoms with van der Waals surface area (Å²) in [6.07, 6.45) is 4.72. The standard InChI is InChI=1S/C24H26N2O5S/c1-17-6-12-21(13-7-17)32(29,30)26-22(24(31-23(26)28)14-4-3-5-15-24)16-19-8-10-20(11-9-19)25-18(2)27/h6-13,16H,3-5,14-15H2,1-2H3,(H,25,27)/b22-16+. The van der Waals surface area contributed by atoms with Crippen LogP contribution in [0.5, 0.6) is 0 Å². The summed E-state index contributed by atoms with van der Waals surface area (Å²) in [5.41, 5.74) is 1.65. The monoisotopic (exact) mass is 454 g/mol. The van der Waals surface area contributed by atoms with Gasteiger partial charge in [0.1, 0.15) is 0 Å². The van der Waals surface area contributed by atoms with Crippen LogP contribution in [0.4, 0.5) is 10.5 Å². The molecule has 2 aliphatic rings. The summed E-state index contributed by atoms with van der Waals surface area (Å²) in [6, 6.07) is 13.4. The molecule has 0 unspecified atom stereocenters. The highest BCUT2D eigenvalue weighted by Gasteiger charge is 2.54. The van der Waals surface area contributed by atoms with E-state index in [2.05, 4.69) is 5.32 Å². The first-order valence-electron chi connectivity index (χ1n) is 10.7. The Morgan fingerprint density at radius 1 is 1.03 bits per heavy atom. The van der Waals surface area contributed by atoms with E-state index in [9.17, 15) is 18.0 Å². The molecule has 1 saturated carbocycles. The van der Waals surface area contributed by atoms with Crippen molar-refractivity contribution in [2.45, 2.75) is 56.4 Å². The number of nitrogens with zero attached hydrogens (tertiary/aromatic N) is 1. The average molecular weight is 455 g/mol. The van der Waals surface area contributed by atoms with Gasteiger partial charge in [-0.15, -0.1) is 0 Å². The first-order chi connectivity index (χ1) is 15.2. The van der Waals surface area contributed by atoms with Crippen LogP contribution in [0.25, 0.3) is 6.08 Å². The van der Waals surface area contributed by atoms with Crippen LogP contribution in [0.2, 0.25) is 0 Å². The third kappa shape index (κ3) is 4.14. The number of aryl methyl sites for hydroxylation is 1. The first kappa shape index (κ1) is 22.1. The molecule has 1 N–H and O–H groups in total. The lowest BCUT2D eigenvalue weighted by Gasteiger charge is -2.32. The Morgan fingerprint density at radius 2 is 1.66 bits per heavy atom. The zero-order valence-electron chi connectivity index (χ0n) is 18.1. The van der Waals surface area contributed by atoms with Crippen LogP contribution in [0.15, 0.2) is 59.1 Å². The molecule has 2 aromatic carbocycles. The maximum atomic E-state index is 13.5. The van der Waals surface area contributed by atoms with Gasteiger partial charge >= 0.3 is 6.09 Å². The molecule has 32 heavy (non-hydrogen) atoms. The first-order valence-corrected chi connectivity index (χ1v) is 12.1. The van der Waals surface area contributed by atoms with E-state index in [1.807, 2.05) is 6.92 Å². The highest BCUT2D eigenvalue weighted by atomic mass is 32.2. The van der Waals surface area contributed by atoms with Crippen molar-refractivity contribution in [3.8, 4) is 0 Å². The van der Waals surface area contributed by atoms with E-state index in [-0.39, 0.29) is 10.8 Å². The molecule has 0 bridgehead atoms. The van der Waals surface area contributed by atoms with Crippen molar-refractivity contribution in [2.24, 2.45) is 0 Å². The number of hydrogen-bond acceptors (Lipinski definition) is 5. The molecular formula is C24H26N2O5S. The van der Waals surface area contributed by atoms with E-state index < -0.39 is 21.7 Å². The van der Waals surface area contributed by atoms with Crippen molar-refractivity contribution in [2.75, 3.05) is 5.32 Å². The highest BCUT2D eigenvalue weighted by molar-refractivity contribution is 7.89. The molecule has 1 aliphatic carbocycles. The second kappa shape index (κ2) is 8.43. The number of carbonyl (C=O) groups excluding carboxylic acids is 2. The van der Waals surface area contributed by atoms with Gasteiger partial charge in [-0.1, -0.05) is 36.2 Å². The Labute approximate surface area is 188 Å². The molecule has 7 nitrogen and oxygen atoms in total. The maximum Gasteiger partial charge on any atom is 0.429 e. The Balaban J connectivity index is 1.79. The van der Waals surface area contributed by atoms with Gasteiger partial charge in [0, 0.05) is 12.6 Å². The van der Waals surface area contributed by atoms with E-state index in [1.54, 1.807) is 42.5 Å². The Bertz CT molecular complexity index is 1160. The van der Waals surface area contributed by atoms with Gasteiger partial charge in [0.25, 0.3) is 10.0 Å². The average Bonchev–Trinajstić information content (AvgIpc) is 3.00. The van der Waals surface area contributed by atoms with Crippen molar-refractivity contribution in [1.29, 1.82) is 0 Å². The van der Waals surface area contributed by atoms with Crippen LogP contribution >= 0.6 is 0 Å². The van der Waals surface area contributed by atoms with E-state index in [0.717, 1.165) is 29.1 Å². The molecule has 8 heteroatoms. The van der Waals surface area contributed by atoms with Crippen LogP contribution in [0.1, 0.15) is 50.2 Å². The predicted octanol–water partition coefficient (Wildman–Crippen LogP) is 4.84. The SMILES string of the molecule is CC(=O)Nc1ccc(/C=C2/N(S(=O)(=O)c3ccc(C)cc3)C(=O)OC23CCCCC3)cc1. The summed E-state index contributed by atoms with van der Waals surface area (Å²) in [4.78, 5) is 24.3. The third-order valence-electron chi connectivity index (χ3n) is 5.89. The molecule has 1 spiro atoms. The lowest BCUT2D eigenvalue weighted by Crippen LogP contribution is -2.36. The number of carbonyl (C=O) groups is 2. The number of ether oxygens (including phenoxy) is 1. The van der Waals surface area contributed by atoms with Crippen LogP contribution in [0, 0.1) is 6.92 Å². The van der Waals surface area contributed by atoms with Crippen LogP contribution in [-0.4, -0.2) is 30.3 Å². The van der Waals surface area contributed by atoms with Gasteiger partial charge in [-0.25, -0.2) is 13.2 Å². The molecule has 1 aliphatic heterocycles. The van der Waals surface area contributed by atoms with Crippen molar-refractivity contribution in [3.63, 3.8) is 0 Å². The third-order valence-corrected chi connectivity index (χ3v) is 7.58. The molecule has 168 valence electrons. The minimum atomic E-state index is -4.14. The number of nitrogens with one attached hydrogen (secondary N) is 1. The fourth-order valence-electron chi connectivity index (χ4n) is 4.28. The van der Waals surface area contributed by atoms with Crippen molar-refractivity contribution < 1.29 is 22.7 Å². The Kier molecular flexibility index (Phi) is 5.81. The quantitative estimate of drug-likeness (QED) is 0.714. The summed E-state index contributed by atoms with van der Waals surface area (Å²) < 4.78 is 33.6. The summed E-state index contributed by atoms with van der Waals surface area (Å²) in [6.45, 7) is 3.30. The highest BCUT2D eigenvalue weighted by Crippen LogP contribution is 2.47. The summed E-state index contributed by atoms with van der Waals surface area (Å²) in [5.74, 6) is -0.178. The summed E-state index contributed by atoms with van der Waals surface area (Å²) in [5, 5.41) is 2.70. The second-order valence-corrected chi connectivity index (χ2v) is 10.1. The normalized spacial score (nSPS) is 19.2. The zero-order valence-corrected chi connectivity index (χ0v) is 18.9. The minimum absolute atomic E-state index is 0.0415. The minimum Gasteiger partial charge on any atom is -0.435 e. The number of rotatable bonds is 4. The predicted molar refractivity (Wildman–Crippen MR) is 121 cm³/mol. The van der Waals surface area contributed by atoms with Crippen molar-refractivity contribution in [1.82, 2.24) is 4.31 Å². The number of anilines is 1. The van der Waals surface area contributed by atoms with Crippen molar-refractivity contribution in [3.05, 3.63) is 65.4 Å². The molecule has 2 amide bonds. The van der Waals surface area contributed by atoms with Crippen LogP contribution < -0.4 is 5.32 Å². The van der Waals surface area contributed by atoms with E-state index in [1.165, 1.54) is 19.1 Å². The molecule has 4 rings (SSSR count). The Hall–Kier alpha value is -3.13. The second-order valence-electron chi connectivity index (χ2n) is 8.34. The van der Waals surface area contributed by atoms with Crippen LogP contribution in [-0.2, 0) is 19.6 Å². The summed E-state index contributed by atoms with van der Waals surface area (Å²) >= 11 is 0. The fraction of sp³-hybridized carbons (Fsp3) is 0.333. The molecule has 0 radical (unpaired) electrons. The van der Waals surface area contributed by atoms with E-state index in [4.69, 9.17) is 4.74 Å². The number of sulfonamides is 1. The van der Waals surface area contributed by atoms with Gasteiger partial charge in [0.05, 0.1) is 10.6 Å². The zero-order chi connectivity index (χ0) is 22.9. The lowest BCUT2D eigenvalue weighted by molar-refractivity contribution is -0.114. The molecule has 0 aromatic heterocycles. The maximum absolute atomic E-state index is 13.5. The number of amides is 2. The molecule has 0 atom stereocenters. The largest absolute Gasteiger partial charge is 0.435 e. The fourth-order valence-corrected chi connectivity index (χ4v) is 5.68.